The number of aryl methyl sites for hydroxylation is 2. The van der Waals surface area contributed by atoms with Crippen LogP contribution in [0.15, 0.2) is 59.9 Å². The molecule has 152 valence electrons. The number of rotatable bonds is 5. The second-order valence-electron chi connectivity index (χ2n) is 6.85. The molecule has 0 saturated heterocycles. The summed E-state index contributed by atoms with van der Waals surface area (Å²) in [6.07, 6.45) is 3.43. The van der Waals surface area contributed by atoms with Gasteiger partial charge in [0.15, 0.2) is 0 Å². The third kappa shape index (κ3) is 4.32. The molecule has 2 aromatic heterocycles. The summed E-state index contributed by atoms with van der Waals surface area (Å²) < 4.78 is 14.9. The summed E-state index contributed by atoms with van der Waals surface area (Å²) in [5.41, 5.74) is 5.50. The standard InChI is InChI=1S/C22H18ClFN4OS/c1-13-3-4-15(9-14(13)2)19-11-20-22(25-7-8-28(20)27-19)30-12-21(29)26-18-6-5-16(24)10-17(18)23/h3-11H,12H2,1-2H3,(H,26,29). The van der Waals surface area contributed by atoms with Crippen LogP contribution < -0.4 is 5.32 Å². The fraction of sp³-hybridized carbons (Fsp3) is 0.136. The molecule has 4 aromatic rings. The molecule has 1 N–H and O–H groups in total. The Kier molecular flexibility index (Phi) is 5.74. The van der Waals surface area contributed by atoms with E-state index in [0.717, 1.165) is 22.8 Å². The normalized spacial score (nSPS) is 11.1. The molecule has 0 aliphatic carbocycles. The van der Waals surface area contributed by atoms with E-state index in [9.17, 15) is 9.18 Å². The van der Waals surface area contributed by atoms with Gasteiger partial charge in [0.2, 0.25) is 5.91 Å². The highest BCUT2D eigenvalue weighted by atomic mass is 35.5. The van der Waals surface area contributed by atoms with E-state index in [1.165, 1.54) is 35.0 Å². The van der Waals surface area contributed by atoms with Crippen molar-refractivity contribution in [3.63, 3.8) is 0 Å². The Morgan fingerprint density at radius 1 is 1.17 bits per heavy atom. The lowest BCUT2D eigenvalue weighted by Gasteiger charge is -2.07. The van der Waals surface area contributed by atoms with E-state index >= 15 is 0 Å². The van der Waals surface area contributed by atoms with Crippen molar-refractivity contribution < 1.29 is 9.18 Å². The summed E-state index contributed by atoms with van der Waals surface area (Å²) in [4.78, 5) is 16.7. The van der Waals surface area contributed by atoms with E-state index in [0.29, 0.717) is 10.7 Å². The molecule has 30 heavy (non-hydrogen) atoms. The quantitative estimate of drug-likeness (QED) is 0.414. The number of fused-ring (bicyclic) bond motifs is 1. The highest BCUT2D eigenvalue weighted by Gasteiger charge is 2.13. The van der Waals surface area contributed by atoms with Crippen molar-refractivity contribution in [3.05, 3.63) is 76.8 Å². The number of halogens is 2. The topological polar surface area (TPSA) is 59.3 Å². The number of nitrogens with zero attached hydrogens (tertiary/aromatic N) is 3. The van der Waals surface area contributed by atoms with Crippen LogP contribution in [0, 0.1) is 19.7 Å². The lowest BCUT2D eigenvalue weighted by molar-refractivity contribution is -0.113. The van der Waals surface area contributed by atoms with Gasteiger partial charge >= 0.3 is 0 Å². The van der Waals surface area contributed by atoms with Gasteiger partial charge in [0, 0.05) is 18.0 Å². The molecule has 1 amide bonds. The summed E-state index contributed by atoms with van der Waals surface area (Å²) >= 11 is 7.26. The number of anilines is 1. The van der Waals surface area contributed by atoms with Crippen LogP contribution in [0.4, 0.5) is 10.1 Å². The van der Waals surface area contributed by atoms with E-state index in [1.54, 1.807) is 16.9 Å². The van der Waals surface area contributed by atoms with Crippen molar-refractivity contribution in [1.29, 1.82) is 0 Å². The van der Waals surface area contributed by atoms with Crippen LogP contribution >= 0.6 is 23.4 Å². The maximum absolute atomic E-state index is 13.2. The Labute approximate surface area is 182 Å². The first-order chi connectivity index (χ1) is 14.4. The molecule has 2 heterocycles. The van der Waals surface area contributed by atoms with E-state index in [4.69, 9.17) is 11.6 Å². The van der Waals surface area contributed by atoms with Gasteiger partial charge in [-0.05, 0) is 55.3 Å². The van der Waals surface area contributed by atoms with Crippen LogP contribution in [-0.4, -0.2) is 26.3 Å². The van der Waals surface area contributed by atoms with Crippen LogP contribution in [0.25, 0.3) is 16.8 Å². The Hall–Kier alpha value is -2.90. The fourth-order valence-electron chi connectivity index (χ4n) is 2.96. The van der Waals surface area contributed by atoms with E-state index in [2.05, 4.69) is 41.4 Å². The van der Waals surface area contributed by atoms with Crippen molar-refractivity contribution in [2.45, 2.75) is 18.9 Å². The first kappa shape index (κ1) is 20.4. The van der Waals surface area contributed by atoms with Crippen LogP contribution in [0.3, 0.4) is 0 Å². The summed E-state index contributed by atoms with van der Waals surface area (Å²) in [5.74, 6) is -0.584. The monoisotopic (exact) mass is 440 g/mol. The predicted octanol–water partition coefficient (Wildman–Crippen LogP) is 5.54. The molecule has 0 saturated carbocycles. The molecule has 0 atom stereocenters. The van der Waals surface area contributed by atoms with Gasteiger partial charge < -0.3 is 5.32 Å². The fourth-order valence-corrected chi connectivity index (χ4v) is 3.95. The van der Waals surface area contributed by atoms with E-state index in [1.807, 2.05) is 12.1 Å². The molecule has 8 heteroatoms. The van der Waals surface area contributed by atoms with Crippen molar-refractivity contribution in [2.75, 3.05) is 11.1 Å². The van der Waals surface area contributed by atoms with Crippen molar-refractivity contribution in [2.24, 2.45) is 0 Å². The number of hydrogen-bond acceptors (Lipinski definition) is 4. The summed E-state index contributed by atoms with van der Waals surface area (Å²) in [6.45, 7) is 4.15. The molecule has 0 aliphatic rings. The minimum atomic E-state index is -0.455. The van der Waals surface area contributed by atoms with E-state index in [-0.39, 0.29) is 16.7 Å². The third-order valence-electron chi connectivity index (χ3n) is 4.70. The number of carbonyl (C=O) groups excluding carboxylic acids is 1. The molecule has 0 unspecified atom stereocenters. The Morgan fingerprint density at radius 3 is 2.77 bits per heavy atom. The number of hydrogen-bond donors (Lipinski definition) is 1. The summed E-state index contributed by atoms with van der Waals surface area (Å²) in [7, 11) is 0. The molecule has 0 fully saturated rings. The number of aromatic nitrogens is 3. The van der Waals surface area contributed by atoms with Crippen LogP contribution in [-0.2, 0) is 4.79 Å². The number of thioether (sulfide) groups is 1. The van der Waals surface area contributed by atoms with Gasteiger partial charge in [-0.3, -0.25) is 4.79 Å². The molecular formula is C22H18ClFN4OS. The molecule has 5 nitrogen and oxygen atoms in total. The molecule has 2 aromatic carbocycles. The predicted molar refractivity (Wildman–Crippen MR) is 119 cm³/mol. The zero-order valence-corrected chi connectivity index (χ0v) is 17.9. The first-order valence-electron chi connectivity index (χ1n) is 9.20. The lowest BCUT2D eigenvalue weighted by Crippen LogP contribution is -2.14. The number of benzene rings is 2. The Balaban J connectivity index is 1.52. The molecule has 0 spiro atoms. The smallest absolute Gasteiger partial charge is 0.234 e. The van der Waals surface area contributed by atoms with Gasteiger partial charge in [-0.25, -0.2) is 13.9 Å². The molecular weight excluding hydrogens is 423 g/mol. The third-order valence-corrected chi connectivity index (χ3v) is 6.01. The van der Waals surface area contributed by atoms with Crippen molar-refractivity contribution >= 4 is 40.5 Å². The van der Waals surface area contributed by atoms with Gasteiger partial charge in [-0.15, -0.1) is 0 Å². The number of carbonyl (C=O) groups is 1. The summed E-state index contributed by atoms with van der Waals surface area (Å²) in [5, 5.41) is 8.18. The first-order valence-corrected chi connectivity index (χ1v) is 10.6. The van der Waals surface area contributed by atoms with Gasteiger partial charge in [0.1, 0.15) is 10.8 Å². The molecule has 0 bridgehead atoms. The average Bonchev–Trinajstić information content (AvgIpc) is 3.15. The average molecular weight is 441 g/mol. The molecule has 0 radical (unpaired) electrons. The minimum Gasteiger partial charge on any atom is -0.324 e. The number of amides is 1. The zero-order valence-electron chi connectivity index (χ0n) is 16.3. The van der Waals surface area contributed by atoms with Crippen molar-refractivity contribution in [3.8, 4) is 11.3 Å². The van der Waals surface area contributed by atoms with E-state index < -0.39 is 5.82 Å². The van der Waals surface area contributed by atoms with Crippen LogP contribution in [0.5, 0.6) is 0 Å². The largest absolute Gasteiger partial charge is 0.324 e. The lowest BCUT2D eigenvalue weighted by atomic mass is 10.0. The van der Waals surface area contributed by atoms with Gasteiger partial charge in [0.05, 0.1) is 27.7 Å². The maximum atomic E-state index is 13.2. The van der Waals surface area contributed by atoms with Gasteiger partial charge in [-0.1, -0.05) is 35.5 Å². The molecule has 4 rings (SSSR count). The SMILES string of the molecule is Cc1ccc(-c2cc3c(SCC(=O)Nc4ccc(F)cc4Cl)nccn3n2)cc1C. The Morgan fingerprint density at radius 2 is 2.00 bits per heavy atom. The second kappa shape index (κ2) is 8.45. The molecule has 0 aliphatic heterocycles. The maximum Gasteiger partial charge on any atom is 0.234 e. The zero-order chi connectivity index (χ0) is 21.3. The van der Waals surface area contributed by atoms with Crippen LogP contribution in [0.2, 0.25) is 5.02 Å². The van der Waals surface area contributed by atoms with Crippen molar-refractivity contribution in [1.82, 2.24) is 14.6 Å². The Bertz CT molecular complexity index is 1260. The highest BCUT2D eigenvalue weighted by molar-refractivity contribution is 8.00. The van der Waals surface area contributed by atoms with Gasteiger partial charge in [0.25, 0.3) is 0 Å². The van der Waals surface area contributed by atoms with Gasteiger partial charge in [-0.2, -0.15) is 5.10 Å². The highest BCUT2D eigenvalue weighted by Crippen LogP contribution is 2.28. The van der Waals surface area contributed by atoms with Crippen LogP contribution in [0.1, 0.15) is 11.1 Å². The minimum absolute atomic E-state index is 0.129. The summed E-state index contributed by atoms with van der Waals surface area (Å²) in [6, 6.07) is 12.0. The second-order valence-corrected chi connectivity index (χ2v) is 8.22. The number of nitrogens with one attached hydrogen (secondary N) is 1.